The summed E-state index contributed by atoms with van der Waals surface area (Å²) in [5.74, 6) is -0.210. The Morgan fingerprint density at radius 1 is 1.58 bits per heavy atom. The van der Waals surface area contributed by atoms with E-state index in [2.05, 4.69) is 10.3 Å². The van der Waals surface area contributed by atoms with Gasteiger partial charge in [0.15, 0.2) is 12.0 Å². The topological polar surface area (TPSA) is 102 Å². The molecule has 2 N–H and O–H groups in total. The maximum absolute atomic E-state index is 12.0. The van der Waals surface area contributed by atoms with Gasteiger partial charge < -0.3 is 9.64 Å². The van der Waals surface area contributed by atoms with E-state index in [9.17, 15) is 4.79 Å². The maximum atomic E-state index is 12.0. The minimum absolute atomic E-state index is 0.105. The molecule has 2 aliphatic rings. The molecule has 0 aromatic heterocycles. The number of hydrogen-bond donors (Lipinski definition) is 2. The second-order valence-corrected chi connectivity index (χ2v) is 4.19. The average molecular weight is 261 g/mol. The van der Waals surface area contributed by atoms with E-state index in [-0.39, 0.29) is 23.7 Å². The minimum Gasteiger partial charge on any atom is -0.462 e. The lowest BCUT2D eigenvalue weighted by Gasteiger charge is -2.18. The van der Waals surface area contributed by atoms with Crippen LogP contribution in [0, 0.1) is 16.9 Å². The van der Waals surface area contributed by atoms with Gasteiger partial charge in [-0.25, -0.2) is 9.79 Å². The summed E-state index contributed by atoms with van der Waals surface area (Å²) in [7, 11) is 0. The highest BCUT2D eigenvalue weighted by Crippen LogP contribution is 2.22. The van der Waals surface area contributed by atoms with Gasteiger partial charge in [-0.3, -0.25) is 10.7 Å². The van der Waals surface area contributed by atoms with Crippen LogP contribution in [0.25, 0.3) is 0 Å². The monoisotopic (exact) mass is 261 g/mol. The van der Waals surface area contributed by atoms with Crippen LogP contribution in [-0.2, 0) is 9.53 Å². The predicted octanol–water partition coefficient (Wildman–Crippen LogP) is 0.359. The number of nitriles is 1. The zero-order valence-corrected chi connectivity index (χ0v) is 10.7. The Hall–Kier alpha value is -2.36. The number of nitrogens with one attached hydrogen (secondary N) is 2. The van der Waals surface area contributed by atoms with Gasteiger partial charge in [0.2, 0.25) is 0 Å². The van der Waals surface area contributed by atoms with Crippen molar-refractivity contribution >= 4 is 17.6 Å². The van der Waals surface area contributed by atoms with Crippen molar-refractivity contribution in [1.29, 1.82) is 10.7 Å². The van der Waals surface area contributed by atoms with Crippen LogP contribution in [0.5, 0.6) is 0 Å². The Morgan fingerprint density at radius 3 is 2.84 bits per heavy atom. The van der Waals surface area contributed by atoms with Gasteiger partial charge in [0.1, 0.15) is 17.1 Å². The SMILES string of the molecule is CCOC(=O)C1=C(NC#N)C(=N)N=C1N1CCCC1. The van der Waals surface area contributed by atoms with Crippen molar-refractivity contribution in [3.63, 3.8) is 0 Å². The van der Waals surface area contributed by atoms with Gasteiger partial charge in [-0.2, -0.15) is 5.26 Å². The number of rotatable bonds is 3. The predicted molar refractivity (Wildman–Crippen MR) is 68.4 cm³/mol. The third kappa shape index (κ3) is 2.42. The van der Waals surface area contributed by atoms with Gasteiger partial charge >= 0.3 is 5.97 Å². The molecular formula is C12H15N5O2. The molecule has 0 spiro atoms. The highest BCUT2D eigenvalue weighted by molar-refractivity contribution is 6.30. The van der Waals surface area contributed by atoms with Gasteiger partial charge in [0.05, 0.1) is 6.61 Å². The normalized spacial score (nSPS) is 18.4. The lowest BCUT2D eigenvalue weighted by atomic mass is 10.2. The van der Waals surface area contributed by atoms with Crippen LogP contribution in [-0.4, -0.2) is 42.2 Å². The molecule has 0 bridgehead atoms. The van der Waals surface area contributed by atoms with Crippen LogP contribution in [0.1, 0.15) is 19.8 Å². The fraction of sp³-hybridized carbons (Fsp3) is 0.500. The van der Waals surface area contributed by atoms with E-state index in [4.69, 9.17) is 15.4 Å². The molecule has 7 nitrogen and oxygen atoms in total. The first-order valence-corrected chi connectivity index (χ1v) is 6.18. The van der Waals surface area contributed by atoms with E-state index in [0.29, 0.717) is 5.84 Å². The van der Waals surface area contributed by atoms with Crippen LogP contribution in [0.4, 0.5) is 0 Å². The summed E-state index contributed by atoms with van der Waals surface area (Å²) in [6.07, 6.45) is 3.79. The number of likely N-dealkylation sites (tertiary alicyclic amines) is 1. The molecule has 1 saturated heterocycles. The number of esters is 1. The molecule has 100 valence electrons. The molecule has 1 fully saturated rings. The van der Waals surface area contributed by atoms with Crippen molar-refractivity contribution in [2.75, 3.05) is 19.7 Å². The molecule has 7 heteroatoms. The summed E-state index contributed by atoms with van der Waals surface area (Å²) in [6, 6.07) is 0. The highest BCUT2D eigenvalue weighted by atomic mass is 16.5. The van der Waals surface area contributed by atoms with Crippen molar-refractivity contribution < 1.29 is 9.53 Å². The number of hydrogen-bond acceptors (Lipinski definition) is 6. The second kappa shape index (κ2) is 5.52. The van der Waals surface area contributed by atoms with Crippen molar-refractivity contribution in [1.82, 2.24) is 10.2 Å². The molecule has 0 amide bonds. The quantitative estimate of drug-likeness (QED) is 0.434. The number of nitrogens with zero attached hydrogens (tertiary/aromatic N) is 3. The van der Waals surface area contributed by atoms with Crippen molar-refractivity contribution in [3.05, 3.63) is 11.3 Å². The standard InChI is InChI=1S/C12H15N5O2/c1-2-19-12(18)8-9(15-7-13)10(14)16-11(8)17-5-3-4-6-17/h2-6H2,1H3,(H2,14,15,16). The number of carbonyl (C=O) groups excluding carboxylic acids is 1. The van der Waals surface area contributed by atoms with E-state index < -0.39 is 5.97 Å². The van der Waals surface area contributed by atoms with Gasteiger partial charge in [-0.1, -0.05) is 0 Å². The first-order valence-electron chi connectivity index (χ1n) is 6.18. The fourth-order valence-corrected chi connectivity index (χ4v) is 2.18. The zero-order valence-electron chi connectivity index (χ0n) is 10.7. The Labute approximate surface area is 111 Å². The van der Waals surface area contributed by atoms with Crippen molar-refractivity contribution in [2.24, 2.45) is 4.99 Å². The summed E-state index contributed by atoms with van der Waals surface area (Å²) in [6.45, 7) is 3.55. The lowest BCUT2D eigenvalue weighted by molar-refractivity contribution is -0.137. The molecule has 0 aliphatic carbocycles. The minimum atomic E-state index is -0.548. The van der Waals surface area contributed by atoms with E-state index in [1.54, 1.807) is 13.1 Å². The van der Waals surface area contributed by atoms with E-state index >= 15 is 0 Å². The van der Waals surface area contributed by atoms with Crippen LogP contribution in [0.3, 0.4) is 0 Å². The molecule has 2 aliphatic heterocycles. The smallest absolute Gasteiger partial charge is 0.344 e. The van der Waals surface area contributed by atoms with Gasteiger partial charge in [0.25, 0.3) is 0 Å². The van der Waals surface area contributed by atoms with E-state index in [0.717, 1.165) is 25.9 Å². The molecule has 19 heavy (non-hydrogen) atoms. The Bertz CT molecular complexity index is 509. The van der Waals surface area contributed by atoms with Crippen LogP contribution in [0.15, 0.2) is 16.3 Å². The zero-order chi connectivity index (χ0) is 13.8. The third-order valence-electron chi connectivity index (χ3n) is 2.99. The Morgan fingerprint density at radius 2 is 2.26 bits per heavy atom. The number of aliphatic imine (C=N–C) groups is 1. The molecule has 0 aromatic carbocycles. The van der Waals surface area contributed by atoms with Gasteiger partial charge in [0, 0.05) is 13.1 Å². The molecule has 0 unspecified atom stereocenters. The summed E-state index contributed by atoms with van der Waals surface area (Å²) in [4.78, 5) is 18.1. The van der Waals surface area contributed by atoms with Gasteiger partial charge in [-0.05, 0) is 19.8 Å². The first-order chi connectivity index (χ1) is 9.19. The van der Waals surface area contributed by atoms with Gasteiger partial charge in [-0.15, -0.1) is 0 Å². The second-order valence-electron chi connectivity index (χ2n) is 4.19. The van der Waals surface area contributed by atoms with E-state index in [1.165, 1.54) is 0 Å². The van der Waals surface area contributed by atoms with Crippen LogP contribution >= 0.6 is 0 Å². The molecule has 0 radical (unpaired) electrons. The molecule has 2 rings (SSSR count). The van der Waals surface area contributed by atoms with Crippen LogP contribution in [0.2, 0.25) is 0 Å². The largest absolute Gasteiger partial charge is 0.462 e. The Kier molecular flexibility index (Phi) is 3.80. The lowest BCUT2D eigenvalue weighted by Crippen LogP contribution is -2.32. The van der Waals surface area contributed by atoms with E-state index in [1.807, 2.05) is 4.90 Å². The number of ether oxygens (including phenoxy) is 1. The number of carbonyl (C=O) groups is 1. The molecule has 2 heterocycles. The highest BCUT2D eigenvalue weighted by Gasteiger charge is 2.34. The summed E-state index contributed by atoms with van der Waals surface area (Å²) >= 11 is 0. The fourth-order valence-electron chi connectivity index (χ4n) is 2.18. The molecular weight excluding hydrogens is 246 g/mol. The Balaban J connectivity index is 2.36. The van der Waals surface area contributed by atoms with Crippen LogP contribution < -0.4 is 5.32 Å². The third-order valence-corrected chi connectivity index (χ3v) is 2.99. The molecule has 0 atom stereocenters. The van der Waals surface area contributed by atoms with Crippen molar-refractivity contribution in [3.8, 4) is 6.19 Å². The summed E-state index contributed by atoms with van der Waals surface area (Å²) < 4.78 is 4.99. The van der Waals surface area contributed by atoms with Crippen molar-refractivity contribution in [2.45, 2.75) is 19.8 Å². The molecule has 0 aromatic rings. The molecule has 0 saturated carbocycles. The summed E-state index contributed by atoms with van der Waals surface area (Å²) in [5.41, 5.74) is 0.318. The maximum Gasteiger partial charge on any atom is 0.344 e. The number of amidine groups is 2. The summed E-state index contributed by atoms with van der Waals surface area (Å²) in [5, 5.41) is 18.8. The average Bonchev–Trinajstić information content (AvgIpc) is 2.99. The first kappa shape index (κ1) is 13.1.